The van der Waals surface area contributed by atoms with E-state index in [1.807, 2.05) is 23.9 Å². The van der Waals surface area contributed by atoms with Crippen LogP contribution in [0.2, 0.25) is 0 Å². The van der Waals surface area contributed by atoms with Crippen molar-refractivity contribution in [3.8, 4) is 0 Å². The van der Waals surface area contributed by atoms with E-state index < -0.39 is 0 Å². The molecule has 1 aromatic heterocycles. The minimum absolute atomic E-state index is 0.594. The Labute approximate surface area is 168 Å². The molecule has 0 aliphatic carbocycles. The van der Waals surface area contributed by atoms with E-state index in [9.17, 15) is 0 Å². The van der Waals surface area contributed by atoms with E-state index >= 15 is 0 Å². The van der Waals surface area contributed by atoms with Crippen molar-refractivity contribution in [2.24, 2.45) is 4.99 Å². The minimum Gasteiger partial charge on any atom is -0.379 e. The Balaban J connectivity index is 1.76. The van der Waals surface area contributed by atoms with Gasteiger partial charge in [0.15, 0.2) is 5.96 Å². The number of hydrogen-bond donors (Lipinski definition) is 2. The maximum atomic E-state index is 5.64. The normalized spacial score (nSPS) is 11.6. The van der Waals surface area contributed by atoms with Crippen molar-refractivity contribution in [1.82, 2.24) is 20.4 Å². The lowest BCUT2D eigenvalue weighted by Gasteiger charge is -2.11. The van der Waals surface area contributed by atoms with Gasteiger partial charge in [-0.2, -0.15) is 5.10 Å². The third-order valence-corrected chi connectivity index (χ3v) is 4.02. The molecule has 0 fully saturated rings. The van der Waals surface area contributed by atoms with Gasteiger partial charge in [0.1, 0.15) is 0 Å². The van der Waals surface area contributed by atoms with Gasteiger partial charge in [-0.05, 0) is 37.5 Å². The molecular formula is C21H33N5O2. The van der Waals surface area contributed by atoms with Gasteiger partial charge in [0, 0.05) is 38.6 Å². The Morgan fingerprint density at radius 3 is 2.75 bits per heavy atom. The summed E-state index contributed by atoms with van der Waals surface area (Å²) >= 11 is 0. The summed E-state index contributed by atoms with van der Waals surface area (Å²) in [7, 11) is 0. The van der Waals surface area contributed by atoms with E-state index in [1.165, 1.54) is 5.56 Å². The number of aromatic nitrogens is 2. The second-order valence-corrected chi connectivity index (χ2v) is 6.31. The topological polar surface area (TPSA) is 72.7 Å². The molecule has 0 bridgehead atoms. The number of ether oxygens (including phenoxy) is 2. The average molecular weight is 388 g/mol. The highest BCUT2D eigenvalue weighted by atomic mass is 16.5. The van der Waals surface area contributed by atoms with E-state index in [0.29, 0.717) is 26.4 Å². The fourth-order valence-corrected chi connectivity index (χ4v) is 2.66. The van der Waals surface area contributed by atoms with Gasteiger partial charge in [-0.25, -0.2) is 4.99 Å². The van der Waals surface area contributed by atoms with Crippen LogP contribution in [0.15, 0.2) is 47.7 Å². The molecule has 154 valence electrons. The SMILES string of the molecule is CCNC(=NCc1cccc(COCCOCC)c1)NCCCn1cccn1. The molecule has 0 aliphatic rings. The highest BCUT2D eigenvalue weighted by Crippen LogP contribution is 2.08. The second kappa shape index (κ2) is 13.7. The van der Waals surface area contributed by atoms with Crippen LogP contribution in [-0.2, 0) is 29.2 Å². The molecule has 0 spiro atoms. The number of guanidine groups is 1. The predicted octanol–water partition coefficient (Wildman–Crippen LogP) is 2.58. The van der Waals surface area contributed by atoms with Crippen molar-refractivity contribution in [2.75, 3.05) is 32.9 Å². The minimum atomic E-state index is 0.594. The van der Waals surface area contributed by atoms with Crippen LogP contribution in [0, 0.1) is 0 Å². The maximum absolute atomic E-state index is 5.64. The zero-order valence-electron chi connectivity index (χ0n) is 17.1. The van der Waals surface area contributed by atoms with Gasteiger partial charge in [-0.3, -0.25) is 4.68 Å². The van der Waals surface area contributed by atoms with Crippen molar-refractivity contribution in [3.63, 3.8) is 0 Å². The number of aliphatic imine (C=N–C) groups is 1. The van der Waals surface area contributed by atoms with Gasteiger partial charge in [0.05, 0.1) is 26.4 Å². The molecule has 0 aliphatic heterocycles. The van der Waals surface area contributed by atoms with E-state index in [1.54, 1.807) is 6.20 Å². The van der Waals surface area contributed by atoms with Crippen molar-refractivity contribution < 1.29 is 9.47 Å². The van der Waals surface area contributed by atoms with E-state index in [4.69, 9.17) is 14.5 Å². The lowest BCUT2D eigenvalue weighted by molar-refractivity contribution is 0.0453. The summed E-state index contributed by atoms with van der Waals surface area (Å²) in [5, 5.41) is 10.9. The second-order valence-electron chi connectivity index (χ2n) is 6.31. The number of aryl methyl sites for hydroxylation is 1. The molecule has 2 aromatic rings. The number of nitrogens with zero attached hydrogens (tertiary/aromatic N) is 3. The highest BCUT2D eigenvalue weighted by Gasteiger charge is 2.00. The monoisotopic (exact) mass is 387 g/mol. The maximum Gasteiger partial charge on any atom is 0.191 e. The highest BCUT2D eigenvalue weighted by molar-refractivity contribution is 5.79. The quantitative estimate of drug-likeness (QED) is 0.314. The van der Waals surface area contributed by atoms with Crippen molar-refractivity contribution in [2.45, 2.75) is 40.0 Å². The van der Waals surface area contributed by atoms with Crippen LogP contribution < -0.4 is 10.6 Å². The molecule has 0 saturated carbocycles. The molecule has 0 atom stereocenters. The van der Waals surface area contributed by atoms with Crippen molar-refractivity contribution in [3.05, 3.63) is 53.9 Å². The summed E-state index contributed by atoms with van der Waals surface area (Å²) in [6.07, 6.45) is 4.77. The summed E-state index contributed by atoms with van der Waals surface area (Å²) in [6.45, 7) is 9.83. The summed E-state index contributed by atoms with van der Waals surface area (Å²) in [5.74, 6) is 0.835. The van der Waals surface area contributed by atoms with Gasteiger partial charge >= 0.3 is 0 Å². The molecule has 0 saturated heterocycles. The molecule has 1 aromatic carbocycles. The van der Waals surface area contributed by atoms with Gasteiger partial charge < -0.3 is 20.1 Å². The molecular weight excluding hydrogens is 354 g/mol. The van der Waals surface area contributed by atoms with Crippen LogP contribution in [-0.4, -0.2) is 48.7 Å². The fraction of sp³-hybridized carbons (Fsp3) is 0.524. The average Bonchev–Trinajstić information content (AvgIpc) is 3.23. The summed E-state index contributed by atoms with van der Waals surface area (Å²) in [5.41, 5.74) is 2.32. The van der Waals surface area contributed by atoms with Crippen LogP contribution in [0.4, 0.5) is 0 Å². The largest absolute Gasteiger partial charge is 0.379 e. The molecule has 0 radical (unpaired) electrons. The number of hydrogen-bond acceptors (Lipinski definition) is 4. The van der Waals surface area contributed by atoms with Crippen LogP contribution in [0.25, 0.3) is 0 Å². The first-order chi connectivity index (χ1) is 13.8. The number of benzene rings is 1. The Hall–Kier alpha value is -2.38. The van der Waals surface area contributed by atoms with Gasteiger partial charge in [-0.15, -0.1) is 0 Å². The van der Waals surface area contributed by atoms with E-state index in [2.05, 4.69) is 46.9 Å². The molecule has 2 N–H and O–H groups in total. The Bertz CT molecular complexity index is 673. The summed E-state index contributed by atoms with van der Waals surface area (Å²) in [6, 6.07) is 10.3. The van der Waals surface area contributed by atoms with Crippen molar-refractivity contribution in [1.29, 1.82) is 0 Å². The third-order valence-electron chi connectivity index (χ3n) is 4.02. The van der Waals surface area contributed by atoms with E-state index in [0.717, 1.165) is 44.2 Å². The van der Waals surface area contributed by atoms with Crippen molar-refractivity contribution >= 4 is 5.96 Å². The molecule has 1 heterocycles. The molecule has 7 nitrogen and oxygen atoms in total. The predicted molar refractivity (Wildman–Crippen MR) is 112 cm³/mol. The zero-order valence-corrected chi connectivity index (χ0v) is 17.1. The number of rotatable bonds is 13. The summed E-state index contributed by atoms with van der Waals surface area (Å²) in [4.78, 5) is 4.69. The lowest BCUT2D eigenvalue weighted by Crippen LogP contribution is -2.38. The van der Waals surface area contributed by atoms with Crippen LogP contribution in [0.5, 0.6) is 0 Å². The van der Waals surface area contributed by atoms with Crippen LogP contribution in [0.1, 0.15) is 31.4 Å². The van der Waals surface area contributed by atoms with E-state index in [-0.39, 0.29) is 0 Å². The lowest BCUT2D eigenvalue weighted by atomic mass is 10.1. The van der Waals surface area contributed by atoms with Gasteiger partial charge in [0.2, 0.25) is 0 Å². The molecule has 0 amide bonds. The first kappa shape index (κ1) is 21.9. The fourth-order valence-electron chi connectivity index (χ4n) is 2.66. The Morgan fingerprint density at radius 2 is 1.96 bits per heavy atom. The Kier molecular flexibility index (Phi) is 10.8. The smallest absolute Gasteiger partial charge is 0.191 e. The third kappa shape index (κ3) is 9.01. The molecule has 7 heteroatoms. The first-order valence-electron chi connectivity index (χ1n) is 10.0. The number of nitrogens with one attached hydrogen (secondary N) is 2. The standard InChI is InChI=1S/C21H33N5O2/c1-3-22-21(23-10-6-12-26-13-7-11-25-26)24-17-19-8-5-9-20(16-19)18-28-15-14-27-4-2/h5,7-9,11,13,16H,3-4,6,10,12,14-15,17-18H2,1-2H3,(H2,22,23,24). The van der Waals surface area contributed by atoms with Crippen LogP contribution >= 0.6 is 0 Å². The Morgan fingerprint density at radius 1 is 1.11 bits per heavy atom. The molecule has 28 heavy (non-hydrogen) atoms. The first-order valence-corrected chi connectivity index (χ1v) is 10.0. The molecule has 0 unspecified atom stereocenters. The van der Waals surface area contributed by atoms with Gasteiger partial charge in [0.25, 0.3) is 0 Å². The van der Waals surface area contributed by atoms with Gasteiger partial charge in [-0.1, -0.05) is 24.3 Å². The summed E-state index contributed by atoms with van der Waals surface area (Å²) < 4.78 is 12.9. The zero-order chi connectivity index (χ0) is 19.9. The van der Waals surface area contributed by atoms with Crippen LogP contribution in [0.3, 0.4) is 0 Å². The molecule has 2 rings (SSSR count).